The molecule has 4 heteroatoms. The molecule has 1 aromatic rings. The van der Waals surface area contributed by atoms with Gasteiger partial charge in [0.05, 0.1) is 0 Å². The molecule has 4 nitrogen and oxygen atoms in total. The van der Waals surface area contributed by atoms with E-state index in [1.165, 1.54) is 6.07 Å². The zero-order valence-electron chi connectivity index (χ0n) is 5.37. The second-order valence-corrected chi connectivity index (χ2v) is 2.23. The quantitative estimate of drug-likeness (QED) is 0.422. The minimum absolute atomic E-state index is 0.0139. The molecule has 0 aromatic heterocycles. The first-order valence-corrected chi connectivity index (χ1v) is 2.96. The van der Waals surface area contributed by atoms with Gasteiger partial charge in [-0.1, -0.05) is 0 Å². The number of benzene rings is 1. The van der Waals surface area contributed by atoms with Crippen molar-refractivity contribution in [3.05, 3.63) is 17.7 Å². The van der Waals surface area contributed by atoms with Crippen molar-refractivity contribution in [2.24, 2.45) is 0 Å². The van der Waals surface area contributed by atoms with Gasteiger partial charge in [-0.05, 0) is 6.07 Å². The number of aromatic hydroxyl groups is 2. The Morgan fingerprint density at radius 3 is 2.64 bits per heavy atom. The molecule has 2 rings (SSSR count). The van der Waals surface area contributed by atoms with E-state index in [2.05, 4.69) is 4.74 Å². The Hall–Kier alpha value is -1.71. The zero-order chi connectivity index (χ0) is 8.01. The van der Waals surface area contributed by atoms with Crippen LogP contribution in [-0.2, 0) is 0 Å². The van der Waals surface area contributed by atoms with E-state index in [9.17, 15) is 4.79 Å². The van der Waals surface area contributed by atoms with E-state index in [4.69, 9.17) is 10.2 Å². The Labute approximate surface area is 61.7 Å². The number of carbonyl (C=O) groups is 1. The van der Waals surface area contributed by atoms with Gasteiger partial charge in [-0.15, -0.1) is 0 Å². The highest BCUT2D eigenvalue weighted by molar-refractivity contribution is 5.99. The largest absolute Gasteiger partial charge is 0.508 e. The molecule has 1 aromatic carbocycles. The second-order valence-electron chi connectivity index (χ2n) is 2.23. The third kappa shape index (κ3) is 0.660. The minimum atomic E-state index is -0.627. The molecule has 0 saturated carbocycles. The van der Waals surface area contributed by atoms with Crippen molar-refractivity contribution in [2.45, 2.75) is 0 Å². The number of esters is 1. The molecule has 0 radical (unpaired) electrons. The number of rotatable bonds is 0. The SMILES string of the molecule is O=C1Oc2cc(O)cc1c2O. The number of carbonyl (C=O) groups excluding carboxylic acids is 1. The van der Waals surface area contributed by atoms with Crippen molar-refractivity contribution in [3.63, 3.8) is 0 Å². The molecule has 0 amide bonds. The Bertz CT molecular complexity index is 343. The maximum absolute atomic E-state index is 10.8. The first-order valence-electron chi connectivity index (χ1n) is 2.96. The van der Waals surface area contributed by atoms with Crippen LogP contribution in [0.3, 0.4) is 0 Å². The molecule has 0 spiro atoms. The number of ether oxygens (including phenoxy) is 1. The number of hydrogen-bond acceptors (Lipinski definition) is 4. The average molecular weight is 152 g/mol. The van der Waals surface area contributed by atoms with Crippen LogP contribution >= 0.6 is 0 Å². The second kappa shape index (κ2) is 1.66. The van der Waals surface area contributed by atoms with E-state index >= 15 is 0 Å². The lowest BCUT2D eigenvalue weighted by atomic mass is 10.2. The summed E-state index contributed by atoms with van der Waals surface area (Å²) < 4.78 is 4.55. The van der Waals surface area contributed by atoms with Gasteiger partial charge in [0.25, 0.3) is 0 Å². The summed E-state index contributed by atoms with van der Waals surface area (Å²) in [6, 6.07) is 2.35. The molecule has 56 valence electrons. The maximum atomic E-state index is 10.8. The van der Waals surface area contributed by atoms with Gasteiger partial charge in [-0.2, -0.15) is 0 Å². The molecule has 0 fully saturated rings. The van der Waals surface area contributed by atoms with E-state index in [-0.39, 0.29) is 22.8 Å². The molecular formula is C7H4O4. The first kappa shape index (κ1) is 6.03. The van der Waals surface area contributed by atoms with Crippen LogP contribution in [0.15, 0.2) is 12.1 Å². The Morgan fingerprint density at radius 1 is 1.27 bits per heavy atom. The minimum Gasteiger partial charge on any atom is -0.508 e. The Kier molecular flexibility index (Phi) is 0.910. The van der Waals surface area contributed by atoms with Gasteiger partial charge >= 0.3 is 5.97 Å². The van der Waals surface area contributed by atoms with Gasteiger partial charge in [0.2, 0.25) is 0 Å². The molecule has 0 unspecified atom stereocenters. The van der Waals surface area contributed by atoms with Crippen LogP contribution in [0, 0.1) is 0 Å². The molecule has 0 saturated heterocycles. The molecule has 0 atom stereocenters. The van der Waals surface area contributed by atoms with Crippen LogP contribution in [0.4, 0.5) is 0 Å². The zero-order valence-corrected chi connectivity index (χ0v) is 5.37. The molecule has 2 N–H and O–H groups in total. The van der Waals surface area contributed by atoms with Crippen LogP contribution in [-0.4, -0.2) is 16.2 Å². The smallest absolute Gasteiger partial charge is 0.347 e. The van der Waals surface area contributed by atoms with Crippen molar-refractivity contribution in [3.8, 4) is 17.2 Å². The van der Waals surface area contributed by atoms with E-state index in [1.54, 1.807) is 0 Å². The summed E-state index contributed by atoms with van der Waals surface area (Å²) in [5, 5.41) is 18.0. The molecule has 0 aliphatic carbocycles. The summed E-state index contributed by atoms with van der Waals surface area (Å²) in [5.74, 6) is -0.894. The van der Waals surface area contributed by atoms with Crippen molar-refractivity contribution in [1.29, 1.82) is 0 Å². The van der Waals surface area contributed by atoms with Crippen LogP contribution in [0.25, 0.3) is 0 Å². The highest BCUT2D eigenvalue weighted by atomic mass is 16.5. The van der Waals surface area contributed by atoms with Gasteiger partial charge < -0.3 is 14.9 Å². The number of phenolic OH excluding ortho intramolecular Hbond substituents is 2. The third-order valence-corrected chi connectivity index (χ3v) is 1.48. The number of fused-ring (bicyclic) bond motifs is 2. The lowest BCUT2D eigenvalue weighted by Gasteiger charge is -1.92. The van der Waals surface area contributed by atoms with Gasteiger partial charge in [-0.25, -0.2) is 4.79 Å². The van der Waals surface area contributed by atoms with Crippen molar-refractivity contribution >= 4 is 5.97 Å². The van der Waals surface area contributed by atoms with Crippen molar-refractivity contribution < 1.29 is 19.7 Å². The van der Waals surface area contributed by atoms with Crippen LogP contribution in [0.2, 0.25) is 0 Å². The molecule has 11 heavy (non-hydrogen) atoms. The lowest BCUT2D eigenvalue weighted by Crippen LogP contribution is -1.98. The Morgan fingerprint density at radius 2 is 2.00 bits per heavy atom. The fraction of sp³-hybridized carbons (Fsp3) is 0. The predicted octanol–water partition coefficient (Wildman–Crippen LogP) is 0.630. The summed E-state index contributed by atoms with van der Waals surface area (Å²) in [7, 11) is 0. The predicted molar refractivity (Wildman–Crippen MR) is 34.7 cm³/mol. The van der Waals surface area contributed by atoms with E-state index in [1.807, 2.05) is 0 Å². The van der Waals surface area contributed by atoms with E-state index in [0.29, 0.717) is 0 Å². The summed E-state index contributed by atoms with van der Waals surface area (Å²) in [6.07, 6.45) is 0. The summed E-state index contributed by atoms with van der Waals surface area (Å²) >= 11 is 0. The summed E-state index contributed by atoms with van der Waals surface area (Å²) in [4.78, 5) is 10.8. The fourth-order valence-electron chi connectivity index (χ4n) is 0.982. The van der Waals surface area contributed by atoms with Gasteiger partial charge in [0.1, 0.15) is 11.3 Å². The van der Waals surface area contributed by atoms with E-state index < -0.39 is 5.97 Å². The number of hydrogen-bond donors (Lipinski definition) is 2. The summed E-state index contributed by atoms with van der Waals surface area (Å²) in [6.45, 7) is 0. The highest BCUT2D eigenvalue weighted by Crippen LogP contribution is 2.39. The molecule has 2 bridgehead atoms. The number of phenols is 2. The van der Waals surface area contributed by atoms with Crippen LogP contribution < -0.4 is 4.74 Å². The molecule has 1 aliphatic heterocycles. The normalized spacial score (nSPS) is 13.3. The monoisotopic (exact) mass is 152 g/mol. The molecule has 1 aliphatic rings. The van der Waals surface area contributed by atoms with Crippen molar-refractivity contribution in [2.75, 3.05) is 0 Å². The Balaban J connectivity index is 2.75. The molecule has 1 heterocycles. The van der Waals surface area contributed by atoms with Crippen LogP contribution in [0.5, 0.6) is 17.2 Å². The fourth-order valence-corrected chi connectivity index (χ4v) is 0.982. The topological polar surface area (TPSA) is 66.8 Å². The highest BCUT2D eigenvalue weighted by Gasteiger charge is 2.26. The standard InChI is InChI=1S/C7H4O4/c8-3-1-4-6(9)5(2-3)11-7(4)10/h1-2,8-9H. The van der Waals surface area contributed by atoms with E-state index in [0.717, 1.165) is 6.07 Å². The lowest BCUT2D eigenvalue weighted by molar-refractivity contribution is 0.0755. The van der Waals surface area contributed by atoms with Gasteiger partial charge in [0.15, 0.2) is 11.5 Å². The molecular weight excluding hydrogens is 148 g/mol. The average Bonchev–Trinajstić information content (AvgIpc) is 2.17. The van der Waals surface area contributed by atoms with Gasteiger partial charge in [0, 0.05) is 6.07 Å². The van der Waals surface area contributed by atoms with Crippen LogP contribution in [0.1, 0.15) is 10.4 Å². The third-order valence-electron chi connectivity index (χ3n) is 1.48. The van der Waals surface area contributed by atoms with Crippen molar-refractivity contribution in [1.82, 2.24) is 0 Å². The first-order chi connectivity index (χ1) is 5.18. The maximum Gasteiger partial charge on any atom is 0.347 e. The summed E-state index contributed by atoms with van der Waals surface area (Å²) in [5.41, 5.74) is 0.0139. The van der Waals surface area contributed by atoms with Gasteiger partial charge in [-0.3, -0.25) is 0 Å².